The Morgan fingerprint density at radius 1 is 1.04 bits per heavy atom. The lowest BCUT2D eigenvalue weighted by Crippen LogP contribution is -2.37. The quantitative estimate of drug-likeness (QED) is 0.798. The van der Waals surface area contributed by atoms with Crippen LogP contribution < -0.4 is 4.90 Å². The number of aryl methyl sites for hydroxylation is 1. The molecule has 26 heavy (non-hydrogen) atoms. The average Bonchev–Trinajstić information content (AvgIpc) is 3.08. The van der Waals surface area contributed by atoms with E-state index in [1.807, 2.05) is 66.4 Å². The molecule has 0 aromatic heterocycles. The number of amides is 2. The first kappa shape index (κ1) is 18.2. The lowest BCUT2D eigenvalue weighted by Gasteiger charge is -2.24. The zero-order chi connectivity index (χ0) is 18.5. The Morgan fingerprint density at radius 2 is 1.73 bits per heavy atom. The molecule has 0 aliphatic carbocycles. The van der Waals surface area contributed by atoms with Crippen molar-refractivity contribution in [3.63, 3.8) is 0 Å². The Bertz CT molecular complexity index is 755. The van der Waals surface area contributed by atoms with Gasteiger partial charge in [-0.25, -0.2) is 0 Å². The fourth-order valence-corrected chi connectivity index (χ4v) is 3.44. The van der Waals surface area contributed by atoms with Crippen LogP contribution >= 0.6 is 0 Å². The molecule has 1 heterocycles. The van der Waals surface area contributed by atoms with Crippen molar-refractivity contribution in [1.82, 2.24) is 4.90 Å². The minimum absolute atomic E-state index is 0.0309. The molecule has 0 unspecified atom stereocenters. The first-order valence-corrected chi connectivity index (χ1v) is 9.34. The molecule has 1 fully saturated rings. The second kappa shape index (κ2) is 8.17. The molecule has 136 valence electrons. The van der Waals surface area contributed by atoms with Gasteiger partial charge in [0.25, 0.3) is 0 Å². The van der Waals surface area contributed by atoms with E-state index in [1.165, 1.54) is 5.56 Å². The monoisotopic (exact) mass is 350 g/mol. The van der Waals surface area contributed by atoms with Gasteiger partial charge in [0.05, 0.1) is 5.92 Å². The van der Waals surface area contributed by atoms with Crippen LogP contribution in [-0.2, 0) is 22.6 Å². The lowest BCUT2D eigenvalue weighted by atomic mass is 10.1. The Morgan fingerprint density at radius 3 is 2.35 bits per heavy atom. The molecule has 0 bridgehead atoms. The van der Waals surface area contributed by atoms with Crippen LogP contribution in [0.4, 0.5) is 5.69 Å². The Balaban J connectivity index is 1.69. The van der Waals surface area contributed by atoms with Crippen LogP contribution in [0, 0.1) is 5.92 Å². The van der Waals surface area contributed by atoms with Crippen molar-refractivity contribution in [2.75, 3.05) is 18.0 Å². The third-order valence-corrected chi connectivity index (χ3v) is 5.04. The number of benzene rings is 2. The number of hydrogen-bond acceptors (Lipinski definition) is 2. The molecule has 1 atom stereocenters. The highest BCUT2D eigenvalue weighted by Crippen LogP contribution is 2.27. The molecule has 0 N–H and O–H groups in total. The molecule has 2 amide bonds. The minimum atomic E-state index is -0.267. The standard InChI is InChI=1S/C22H26N2O2/c1-3-17-10-12-20(13-11-17)24-16-19(14-21(24)25)22(26)23(4-2)15-18-8-6-5-7-9-18/h5-13,19H,3-4,14-16H2,1-2H3/t19-/m0/s1. The summed E-state index contributed by atoms with van der Waals surface area (Å²) >= 11 is 0. The molecule has 3 rings (SSSR count). The van der Waals surface area contributed by atoms with Crippen LogP contribution in [0.15, 0.2) is 54.6 Å². The van der Waals surface area contributed by atoms with Crippen molar-refractivity contribution in [3.05, 3.63) is 65.7 Å². The third kappa shape index (κ3) is 3.96. The summed E-state index contributed by atoms with van der Waals surface area (Å²) in [7, 11) is 0. The van der Waals surface area contributed by atoms with E-state index < -0.39 is 0 Å². The molecular weight excluding hydrogens is 324 g/mol. The minimum Gasteiger partial charge on any atom is -0.338 e. The topological polar surface area (TPSA) is 40.6 Å². The SMILES string of the molecule is CCc1ccc(N2C[C@@H](C(=O)N(CC)Cc3ccccc3)CC2=O)cc1. The predicted molar refractivity (Wildman–Crippen MR) is 104 cm³/mol. The summed E-state index contributed by atoms with van der Waals surface area (Å²) in [6.45, 7) is 5.79. The molecule has 0 saturated carbocycles. The van der Waals surface area contributed by atoms with Gasteiger partial charge in [-0.2, -0.15) is 0 Å². The fraction of sp³-hybridized carbons (Fsp3) is 0.364. The summed E-state index contributed by atoms with van der Waals surface area (Å²) in [5.74, 6) is -0.169. The summed E-state index contributed by atoms with van der Waals surface area (Å²) < 4.78 is 0. The van der Waals surface area contributed by atoms with Gasteiger partial charge in [-0.05, 0) is 36.6 Å². The van der Waals surface area contributed by atoms with Gasteiger partial charge in [0.2, 0.25) is 11.8 Å². The predicted octanol–water partition coefficient (Wildman–Crippen LogP) is 3.65. The summed E-state index contributed by atoms with van der Waals surface area (Å²) in [6.07, 6.45) is 1.26. The molecular formula is C22H26N2O2. The van der Waals surface area contributed by atoms with Gasteiger partial charge in [0, 0.05) is 31.7 Å². The molecule has 1 aliphatic rings. The summed E-state index contributed by atoms with van der Waals surface area (Å²) in [4.78, 5) is 29.0. The number of hydrogen-bond donors (Lipinski definition) is 0. The van der Waals surface area contributed by atoms with E-state index in [1.54, 1.807) is 4.90 Å². The smallest absolute Gasteiger partial charge is 0.228 e. The lowest BCUT2D eigenvalue weighted by molar-refractivity contribution is -0.136. The van der Waals surface area contributed by atoms with Crippen LogP contribution in [0.25, 0.3) is 0 Å². The van der Waals surface area contributed by atoms with Gasteiger partial charge < -0.3 is 9.80 Å². The van der Waals surface area contributed by atoms with E-state index in [-0.39, 0.29) is 17.7 Å². The molecule has 1 saturated heterocycles. The number of carbonyl (C=O) groups excluding carboxylic acids is 2. The van der Waals surface area contributed by atoms with Gasteiger partial charge >= 0.3 is 0 Å². The van der Waals surface area contributed by atoms with Crippen LogP contribution in [0.2, 0.25) is 0 Å². The van der Waals surface area contributed by atoms with Gasteiger partial charge in [0.15, 0.2) is 0 Å². The second-order valence-corrected chi connectivity index (χ2v) is 6.76. The molecule has 0 radical (unpaired) electrons. The summed E-state index contributed by atoms with van der Waals surface area (Å²) in [5.41, 5.74) is 3.24. The molecule has 2 aromatic carbocycles. The van der Waals surface area contributed by atoms with E-state index in [9.17, 15) is 9.59 Å². The Labute approximate surface area is 155 Å². The van der Waals surface area contributed by atoms with Crippen LogP contribution in [0.5, 0.6) is 0 Å². The van der Waals surface area contributed by atoms with Crippen LogP contribution in [0.3, 0.4) is 0 Å². The van der Waals surface area contributed by atoms with Gasteiger partial charge in [0.1, 0.15) is 0 Å². The first-order valence-electron chi connectivity index (χ1n) is 9.34. The van der Waals surface area contributed by atoms with Crippen molar-refractivity contribution in [2.45, 2.75) is 33.2 Å². The molecule has 4 heteroatoms. The van der Waals surface area contributed by atoms with Gasteiger partial charge in [-0.3, -0.25) is 9.59 Å². The van der Waals surface area contributed by atoms with E-state index in [0.29, 0.717) is 26.1 Å². The fourth-order valence-electron chi connectivity index (χ4n) is 3.44. The maximum atomic E-state index is 13.0. The molecule has 0 spiro atoms. The zero-order valence-corrected chi connectivity index (χ0v) is 15.5. The van der Waals surface area contributed by atoms with Gasteiger partial charge in [-0.1, -0.05) is 49.4 Å². The Kier molecular flexibility index (Phi) is 5.71. The van der Waals surface area contributed by atoms with E-state index in [4.69, 9.17) is 0 Å². The summed E-state index contributed by atoms with van der Waals surface area (Å²) in [5, 5.41) is 0. The number of rotatable bonds is 6. The third-order valence-electron chi connectivity index (χ3n) is 5.04. The number of anilines is 1. The highest BCUT2D eigenvalue weighted by Gasteiger charge is 2.36. The molecule has 1 aliphatic heterocycles. The number of carbonyl (C=O) groups is 2. The van der Waals surface area contributed by atoms with Crippen molar-refractivity contribution in [2.24, 2.45) is 5.92 Å². The maximum absolute atomic E-state index is 13.0. The summed E-state index contributed by atoms with van der Waals surface area (Å²) in [6, 6.07) is 18.0. The first-order chi connectivity index (χ1) is 12.6. The second-order valence-electron chi connectivity index (χ2n) is 6.76. The highest BCUT2D eigenvalue weighted by molar-refractivity contribution is 6.00. The zero-order valence-electron chi connectivity index (χ0n) is 15.5. The van der Waals surface area contributed by atoms with Crippen molar-refractivity contribution < 1.29 is 9.59 Å². The molecule has 2 aromatic rings. The number of nitrogens with zero attached hydrogens (tertiary/aromatic N) is 2. The van der Waals surface area contributed by atoms with Crippen LogP contribution in [-0.4, -0.2) is 29.8 Å². The average molecular weight is 350 g/mol. The molecule has 4 nitrogen and oxygen atoms in total. The van der Waals surface area contributed by atoms with Gasteiger partial charge in [-0.15, -0.1) is 0 Å². The van der Waals surface area contributed by atoms with Crippen LogP contribution in [0.1, 0.15) is 31.4 Å². The maximum Gasteiger partial charge on any atom is 0.228 e. The normalized spacial score (nSPS) is 16.8. The van der Waals surface area contributed by atoms with Crippen molar-refractivity contribution >= 4 is 17.5 Å². The Hall–Kier alpha value is -2.62. The van der Waals surface area contributed by atoms with Crippen molar-refractivity contribution in [1.29, 1.82) is 0 Å². The van der Waals surface area contributed by atoms with Crippen molar-refractivity contribution in [3.8, 4) is 0 Å². The van der Waals surface area contributed by atoms with E-state index in [0.717, 1.165) is 17.7 Å². The largest absolute Gasteiger partial charge is 0.338 e. The van der Waals surface area contributed by atoms with E-state index >= 15 is 0 Å². The van der Waals surface area contributed by atoms with E-state index in [2.05, 4.69) is 6.92 Å². The highest BCUT2D eigenvalue weighted by atomic mass is 16.2.